The second-order valence-corrected chi connectivity index (χ2v) is 2.90. The Bertz CT molecular complexity index is 160. The van der Waals surface area contributed by atoms with Gasteiger partial charge in [-0.05, 0) is 19.8 Å². The van der Waals surface area contributed by atoms with Crippen molar-refractivity contribution >= 4 is 5.97 Å². The highest BCUT2D eigenvalue weighted by Crippen LogP contribution is 2.13. The van der Waals surface area contributed by atoms with E-state index < -0.39 is 6.10 Å². The molecule has 70 valence electrons. The van der Waals surface area contributed by atoms with Gasteiger partial charge in [0.1, 0.15) is 0 Å². The van der Waals surface area contributed by atoms with Crippen LogP contribution in [0.4, 0.5) is 0 Å². The second-order valence-electron chi connectivity index (χ2n) is 2.90. The number of hydrogen-bond donors (Lipinski definition) is 1. The van der Waals surface area contributed by atoms with Crippen molar-refractivity contribution in [3.63, 3.8) is 0 Å². The molecule has 0 aromatic carbocycles. The van der Waals surface area contributed by atoms with Crippen molar-refractivity contribution in [2.45, 2.75) is 31.9 Å². The van der Waals surface area contributed by atoms with Crippen LogP contribution in [-0.2, 0) is 14.3 Å². The molecule has 0 aromatic rings. The van der Waals surface area contributed by atoms with Gasteiger partial charge < -0.3 is 15.2 Å². The molecule has 1 aliphatic rings. The van der Waals surface area contributed by atoms with Crippen LogP contribution in [0.1, 0.15) is 19.8 Å². The standard InChI is InChI=1S/C8H15NO3/c1-2-11-8(10)7-5-6(9)3-4-12-7/h6-7H,2-5,9H2,1H3/t6-,7-/m0/s1. The van der Waals surface area contributed by atoms with E-state index in [9.17, 15) is 4.79 Å². The van der Waals surface area contributed by atoms with Crippen molar-refractivity contribution < 1.29 is 14.3 Å². The number of carbonyl (C=O) groups excluding carboxylic acids is 1. The number of hydrogen-bond acceptors (Lipinski definition) is 4. The van der Waals surface area contributed by atoms with Crippen LogP contribution < -0.4 is 5.73 Å². The lowest BCUT2D eigenvalue weighted by atomic mass is 10.0. The fraction of sp³-hybridized carbons (Fsp3) is 0.875. The summed E-state index contributed by atoms with van der Waals surface area (Å²) in [5.74, 6) is -0.285. The van der Waals surface area contributed by atoms with E-state index in [0.717, 1.165) is 6.42 Å². The zero-order chi connectivity index (χ0) is 8.97. The molecule has 4 nitrogen and oxygen atoms in total. The molecule has 12 heavy (non-hydrogen) atoms. The third-order valence-electron chi connectivity index (χ3n) is 1.87. The van der Waals surface area contributed by atoms with Gasteiger partial charge >= 0.3 is 5.97 Å². The van der Waals surface area contributed by atoms with Gasteiger partial charge in [-0.2, -0.15) is 0 Å². The Morgan fingerprint density at radius 2 is 2.50 bits per heavy atom. The predicted molar refractivity (Wildman–Crippen MR) is 43.6 cm³/mol. The summed E-state index contributed by atoms with van der Waals surface area (Å²) in [5, 5.41) is 0. The first kappa shape index (κ1) is 9.48. The maximum Gasteiger partial charge on any atom is 0.335 e. The molecule has 4 heteroatoms. The Kier molecular flexibility index (Phi) is 3.49. The molecule has 0 aliphatic carbocycles. The zero-order valence-electron chi connectivity index (χ0n) is 7.29. The predicted octanol–water partition coefficient (Wildman–Crippen LogP) is 0.0558. The summed E-state index contributed by atoms with van der Waals surface area (Å²) in [7, 11) is 0. The molecule has 0 bridgehead atoms. The molecule has 0 spiro atoms. The number of nitrogens with two attached hydrogens (primary N) is 1. The van der Waals surface area contributed by atoms with E-state index in [4.69, 9.17) is 15.2 Å². The molecule has 0 unspecified atom stereocenters. The SMILES string of the molecule is CCOC(=O)[C@@H]1C[C@@H](N)CCO1. The van der Waals surface area contributed by atoms with E-state index in [1.807, 2.05) is 0 Å². The van der Waals surface area contributed by atoms with E-state index in [-0.39, 0.29) is 12.0 Å². The minimum Gasteiger partial charge on any atom is -0.464 e. The number of rotatable bonds is 2. The van der Waals surface area contributed by atoms with E-state index in [0.29, 0.717) is 19.6 Å². The number of esters is 1. The molecule has 2 atom stereocenters. The molecule has 1 aliphatic heterocycles. The fourth-order valence-electron chi connectivity index (χ4n) is 1.22. The highest BCUT2D eigenvalue weighted by atomic mass is 16.6. The van der Waals surface area contributed by atoms with E-state index in [2.05, 4.69) is 0 Å². The monoisotopic (exact) mass is 173 g/mol. The first-order chi connectivity index (χ1) is 5.74. The quantitative estimate of drug-likeness (QED) is 0.600. The molecule has 0 amide bonds. The van der Waals surface area contributed by atoms with Gasteiger partial charge in [0.2, 0.25) is 0 Å². The lowest BCUT2D eigenvalue weighted by Crippen LogP contribution is -2.39. The largest absolute Gasteiger partial charge is 0.464 e. The van der Waals surface area contributed by atoms with Gasteiger partial charge in [-0.25, -0.2) is 4.79 Å². The van der Waals surface area contributed by atoms with Crippen molar-refractivity contribution in [1.82, 2.24) is 0 Å². The lowest BCUT2D eigenvalue weighted by Gasteiger charge is -2.25. The smallest absolute Gasteiger partial charge is 0.335 e. The Morgan fingerprint density at radius 3 is 3.08 bits per heavy atom. The summed E-state index contributed by atoms with van der Waals surface area (Å²) in [6, 6.07) is 0.0770. The summed E-state index contributed by atoms with van der Waals surface area (Å²) in [6.45, 7) is 2.74. The first-order valence-electron chi connectivity index (χ1n) is 4.28. The Hall–Kier alpha value is -0.610. The number of ether oxygens (including phenoxy) is 2. The van der Waals surface area contributed by atoms with Crippen LogP contribution in [0.5, 0.6) is 0 Å². The maximum atomic E-state index is 11.1. The molecular weight excluding hydrogens is 158 g/mol. The van der Waals surface area contributed by atoms with Gasteiger partial charge in [0.25, 0.3) is 0 Å². The van der Waals surface area contributed by atoms with E-state index in [1.165, 1.54) is 0 Å². The van der Waals surface area contributed by atoms with Gasteiger partial charge in [-0.15, -0.1) is 0 Å². The van der Waals surface area contributed by atoms with Crippen molar-refractivity contribution in [2.24, 2.45) is 5.73 Å². The van der Waals surface area contributed by atoms with Crippen LogP contribution >= 0.6 is 0 Å². The third-order valence-corrected chi connectivity index (χ3v) is 1.87. The van der Waals surface area contributed by atoms with E-state index >= 15 is 0 Å². The van der Waals surface area contributed by atoms with Crippen LogP contribution in [0.15, 0.2) is 0 Å². The first-order valence-corrected chi connectivity index (χ1v) is 4.28. The van der Waals surface area contributed by atoms with Gasteiger partial charge in [0.05, 0.1) is 6.61 Å². The summed E-state index contributed by atoms with van der Waals surface area (Å²) in [4.78, 5) is 11.1. The van der Waals surface area contributed by atoms with Crippen LogP contribution in [-0.4, -0.2) is 31.3 Å². The summed E-state index contributed by atoms with van der Waals surface area (Å²) in [6.07, 6.45) is 0.975. The normalized spacial score (nSPS) is 29.8. The van der Waals surface area contributed by atoms with Crippen LogP contribution in [0.25, 0.3) is 0 Å². The Balaban J connectivity index is 2.35. The highest BCUT2D eigenvalue weighted by molar-refractivity contribution is 5.74. The minimum absolute atomic E-state index is 0.0770. The van der Waals surface area contributed by atoms with Crippen molar-refractivity contribution in [3.05, 3.63) is 0 Å². The zero-order valence-corrected chi connectivity index (χ0v) is 7.29. The molecular formula is C8H15NO3. The summed E-state index contributed by atoms with van der Waals surface area (Å²) in [5.41, 5.74) is 5.67. The van der Waals surface area contributed by atoms with Gasteiger partial charge in [0.15, 0.2) is 6.10 Å². The summed E-state index contributed by atoms with van der Waals surface area (Å²) < 4.78 is 10.0. The molecule has 1 fully saturated rings. The van der Waals surface area contributed by atoms with Crippen molar-refractivity contribution in [1.29, 1.82) is 0 Å². The second kappa shape index (κ2) is 4.42. The average molecular weight is 173 g/mol. The average Bonchev–Trinajstić information content (AvgIpc) is 2.05. The van der Waals surface area contributed by atoms with Gasteiger partial charge in [-0.1, -0.05) is 0 Å². The van der Waals surface area contributed by atoms with Crippen molar-refractivity contribution in [2.75, 3.05) is 13.2 Å². The fourth-order valence-corrected chi connectivity index (χ4v) is 1.22. The molecule has 2 N–H and O–H groups in total. The molecule has 0 radical (unpaired) electrons. The molecule has 1 rings (SSSR count). The molecule has 0 saturated carbocycles. The van der Waals surface area contributed by atoms with Gasteiger partial charge in [-0.3, -0.25) is 0 Å². The Morgan fingerprint density at radius 1 is 1.75 bits per heavy atom. The highest BCUT2D eigenvalue weighted by Gasteiger charge is 2.26. The van der Waals surface area contributed by atoms with Crippen molar-refractivity contribution in [3.8, 4) is 0 Å². The maximum absolute atomic E-state index is 11.1. The number of carbonyl (C=O) groups is 1. The molecule has 1 saturated heterocycles. The lowest BCUT2D eigenvalue weighted by molar-refractivity contribution is -0.159. The topological polar surface area (TPSA) is 61.5 Å². The Labute approximate surface area is 72.0 Å². The molecule has 1 heterocycles. The minimum atomic E-state index is -0.436. The van der Waals surface area contributed by atoms with Crippen LogP contribution in [0, 0.1) is 0 Å². The van der Waals surface area contributed by atoms with Crippen LogP contribution in [0.2, 0.25) is 0 Å². The third kappa shape index (κ3) is 2.46. The van der Waals surface area contributed by atoms with Crippen LogP contribution in [0.3, 0.4) is 0 Å². The van der Waals surface area contributed by atoms with Gasteiger partial charge in [0, 0.05) is 12.6 Å². The summed E-state index contributed by atoms with van der Waals surface area (Å²) >= 11 is 0. The molecule has 0 aromatic heterocycles. The van der Waals surface area contributed by atoms with E-state index in [1.54, 1.807) is 6.92 Å².